The third kappa shape index (κ3) is 2.41. The first-order valence-corrected chi connectivity index (χ1v) is 6.26. The van der Waals surface area contributed by atoms with Crippen molar-refractivity contribution in [2.24, 2.45) is 0 Å². The molecule has 0 aliphatic carbocycles. The minimum Gasteiger partial charge on any atom is -0.478 e. The second-order valence-electron chi connectivity index (χ2n) is 4.74. The minimum absolute atomic E-state index is 0.115. The topological polar surface area (TPSA) is 80.7 Å². The van der Waals surface area contributed by atoms with E-state index in [9.17, 15) is 14.4 Å². The van der Waals surface area contributed by atoms with Gasteiger partial charge in [0.2, 0.25) is 0 Å². The highest BCUT2D eigenvalue weighted by Crippen LogP contribution is 2.19. The summed E-state index contributed by atoms with van der Waals surface area (Å²) in [4.78, 5) is 35.1. The molecule has 0 saturated heterocycles. The Morgan fingerprint density at radius 2 is 1.62 bits per heavy atom. The number of ether oxygens (including phenoxy) is 1. The second-order valence-corrected chi connectivity index (χ2v) is 4.74. The normalized spacial score (nSPS) is 13.5. The van der Waals surface area contributed by atoms with E-state index in [1.807, 2.05) is 0 Å². The Morgan fingerprint density at radius 1 is 0.952 bits per heavy atom. The zero-order valence-corrected chi connectivity index (χ0v) is 10.8. The molecule has 2 aliphatic rings. The van der Waals surface area contributed by atoms with Crippen molar-refractivity contribution >= 4 is 17.9 Å². The van der Waals surface area contributed by atoms with Crippen LogP contribution in [0.2, 0.25) is 0 Å². The van der Waals surface area contributed by atoms with Gasteiger partial charge in [-0.2, -0.15) is 0 Å². The summed E-state index contributed by atoms with van der Waals surface area (Å²) in [6.07, 6.45) is 0.536. The lowest BCUT2D eigenvalue weighted by Crippen LogP contribution is -2.16. The number of carboxylic acid groups (broad SMARTS) is 1. The number of fused-ring (bicyclic) bond motifs is 4. The van der Waals surface area contributed by atoms with E-state index < -0.39 is 17.9 Å². The number of carbonyl (C=O) groups is 3. The van der Waals surface area contributed by atoms with E-state index in [1.54, 1.807) is 30.3 Å². The monoisotopic (exact) mass is 282 g/mol. The number of aromatic carboxylic acids is 1. The fourth-order valence-electron chi connectivity index (χ4n) is 2.25. The number of esters is 2. The molecule has 2 aliphatic heterocycles. The third-order valence-corrected chi connectivity index (χ3v) is 3.32. The first-order chi connectivity index (χ1) is 10.0. The van der Waals surface area contributed by atoms with Crippen molar-refractivity contribution in [2.75, 3.05) is 0 Å². The van der Waals surface area contributed by atoms with Crippen LogP contribution in [-0.2, 0) is 11.2 Å². The maximum absolute atomic E-state index is 12.0. The van der Waals surface area contributed by atoms with Crippen LogP contribution in [0.25, 0.3) is 0 Å². The van der Waals surface area contributed by atoms with E-state index in [0.29, 0.717) is 6.42 Å². The lowest BCUT2D eigenvalue weighted by Gasteiger charge is -2.07. The maximum atomic E-state index is 12.0. The summed E-state index contributed by atoms with van der Waals surface area (Å²) >= 11 is 0. The summed E-state index contributed by atoms with van der Waals surface area (Å²) in [5, 5.41) is 9.13. The molecule has 2 aromatic carbocycles. The summed E-state index contributed by atoms with van der Waals surface area (Å²) in [5.41, 5.74) is 1.68. The van der Waals surface area contributed by atoms with E-state index >= 15 is 0 Å². The Morgan fingerprint density at radius 3 is 2.29 bits per heavy atom. The second kappa shape index (κ2) is 4.86. The predicted octanol–water partition coefficient (Wildman–Crippen LogP) is 2.29. The largest absolute Gasteiger partial charge is 0.478 e. The molecule has 0 amide bonds. The Balaban J connectivity index is 2.17. The fraction of sp³-hybridized carbons (Fsp3) is 0.0625. The third-order valence-electron chi connectivity index (χ3n) is 3.32. The molecule has 0 saturated carbocycles. The number of hydrogen-bond donors (Lipinski definition) is 1. The maximum Gasteiger partial charge on any atom is 0.346 e. The van der Waals surface area contributed by atoms with Gasteiger partial charge in [0.05, 0.1) is 16.7 Å². The fourth-order valence-corrected chi connectivity index (χ4v) is 2.25. The van der Waals surface area contributed by atoms with Gasteiger partial charge in [-0.3, -0.25) is 0 Å². The molecular weight excluding hydrogens is 272 g/mol. The first kappa shape index (κ1) is 13.1. The number of benzene rings is 2. The zero-order valence-electron chi connectivity index (χ0n) is 10.8. The van der Waals surface area contributed by atoms with Gasteiger partial charge in [0.15, 0.2) is 0 Å². The van der Waals surface area contributed by atoms with Crippen LogP contribution in [0, 0.1) is 0 Å². The smallest absolute Gasteiger partial charge is 0.346 e. The number of hydrogen-bond acceptors (Lipinski definition) is 4. The summed E-state index contributed by atoms with van der Waals surface area (Å²) < 4.78 is 4.75. The van der Waals surface area contributed by atoms with Crippen LogP contribution >= 0.6 is 0 Å². The van der Waals surface area contributed by atoms with E-state index in [-0.39, 0.29) is 16.7 Å². The van der Waals surface area contributed by atoms with E-state index in [2.05, 4.69) is 0 Å². The molecule has 0 radical (unpaired) electrons. The highest BCUT2D eigenvalue weighted by Gasteiger charge is 2.22. The molecule has 5 nitrogen and oxygen atoms in total. The molecule has 104 valence electrons. The summed E-state index contributed by atoms with van der Waals surface area (Å²) in [5.74, 6) is -2.99. The van der Waals surface area contributed by atoms with Crippen molar-refractivity contribution in [1.82, 2.24) is 0 Å². The molecule has 0 aromatic heterocycles. The molecule has 2 aromatic rings. The summed E-state index contributed by atoms with van der Waals surface area (Å²) in [6, 6.07) is 11.2. The van der Waals surface area contributed by atoms with E-state index in [0.717, 1.165) is 11.1 Å². The van der Waals surface area contributed by atoms with Crippen LogP contribution in [-0.4, -0.2) is 23.0 Å². The van der Waals surface area contributed by atoms with Gasteiger partial charge < -0.3 is 9.84 Å². The van der Waals surface area contributed by atoms with Crippen LogP contribution in [0.5, 0.6) is 0 Å². The highest BCUT2D eigenvalue weighted by atomic mass is 16.6. The van der Waals surface area contributed by atoms with Gasteiger partial charge in [-0.25, -0.2) is 14.4 Å². The number of carbonyl (C=O) groups excluding carboxylic acids is 2. The number of rotatable bonds is 1. The van der Waals surface area contributed by atoms with Crippen molar-refractivity contribution in [3.8, 4) is 0 Å². The Bertz CT molecular complexity index is 759. The van der Waals surface area contributed by atoms with Crippen molar-refractivity contribution in [1.29, 1.82) is 0 Å². The van der Waals surface area contributed by atoms with Gasteiger partial charge in [0, 0.05) is 0 Å². The Kier molecular flexibility index (Phi) is 3.02. The van der Waals surface area contributed by atoms with Gasteiger partial charge in [-0.15, -0.1) is 0 Å². The Labute approximate surface area is 119 Å². The lowest BCUT2D eigenvalue weighted by atomic mass is 9.99. The van der Waals surface area contributed by atoms with Crippen molar-refractivity contribution < 1.29 is 24.2 Å². The molecule has 0 spiro atoms. The molecule has 0 unspecified atom stereocenters. The average Bonchev–Trinajstić information content (AvgIpc) is 2.49. The van der Waals surface area contributed by atoms with Crippen LogP contribution in [0.4, 0.5) is 0 Å². The molecule has 0 atom stereocenters. The van der Waals surface area contributed by atoms with Crippen LogP contribution in [0.3, 0.4) is 0 Å². The Hall–Kier alpha value is -2.95. The molecule has 4 rings (SSSR count). The first-order valence-electron chi connectivity index (χ1n) is 6.26. The minimum atomic E-state index is -1.24. The van der Waals surface area contributed by atoms with E-state index in [4.69, 9.17) is 9.84 Å². The van der Waals surface area contributed by atoms with Gasteiger partial charge in [-0.05, 0) is 41.8 Å². The number of carboxylic acids is 1. The van der Waals surface area contributed by atoms with Crippen LogP contribution in [0.15, 0.2) is 42.5 Å². The molecule has 5 heteroatoms. The van der Waals surface area contributed by atoms with Crippen molar-refractivity contribution in [3.63, 3.8) is 0 Å². The van der Waals surface area contributed by atoms with Crippen molar-refractivity contribution in [3.05, 3.63) is 70.3 Å². The molecule has 1 N–H and O–H groups in total. The van der Waals surface area contributed by atoms with Gasteiger partial charge >= 0.3 is 17.9 Å². The molecule has 2 heterocycles. The van der Waals surface area contributed by atoms with Gasteiger partial charge in [0.1, 0.15) is 0 Å². The summed E-state index contributed by atoms with van der Waals surface area (Å²) in [7, 11) is 0. The molecule has 21 heavy (non-hydrogen) atoms. The SMILES string of the molecule is O=C1OC(=O)c2cc(ccc2C(=O)O)Cc2ccc1cc2. The van der Waals surface area contributed by atoms with E-state index in [1.165, 1.54) is 12.1 Å². The molecule has 0 fully saturated rings. The quantitative estimate of drug-likeness (QED) is 0.641. The zero-order chi connectivity index (χ0) is 15.0. The summed E-state index contributed by atoms with van der Waals surface area (Å²) in [6.45, 7) is 0. The highest BCUT2D eigenvalue weighted by molar-refractivity contribution is 6.08. The standard InChI is InChI=1S/C16H10O5/c17-14(18)12-6-3-10-7-9-1-4-11(5-2-9)15(19)21-16(20)13(12)8-10/h1-6,8H,7H2,(H,17,18). The lowest BCUT2D eigenvalue weighted by molar-refractivity contribution is 0.0392. The van der Waals surface area contributed by atoms with Crippen molar-refractivity contribution in [2.45, 2.75) is 6.42 Å². The van der Waals surface area contributed by atoms with Gasteiger partial charge in [0.25, 0.3) is 0 Å². The molecular formula is C16H10O5. The molecule has 4 bridgehead atoms. The van der Waals surface area contributed by atoms with Gasteiger partial charge in [-0.1, -0.05) is 18.2 Å². The van der Waals surface area contributed by atoms with Crippen LogP contribution in [0.1, 0.15) is 42.2 Å². The predicted molar refractivity (Wildman–Crippen MR) is 72.4 cm³/mol. The average molecular weight is 282 g/mol. The van der Waals surface area contributed by atoms with Crippen LogP contribution < -0.4 is 0 Å².